The Morgan fingerprint density at radius 3 is 2.45 bits per heavy atom. The van der Waals surface area contributed by atoms with Crippen molar-refractivity contribution >= 4 is 74.3 Å². The van der Waals surface area contributed by atoms with Gasteiger partial charge in [0.2, 0.25) is 17.8 Å². The van der Waals surface area contributed by atoms with Crippen LogP contribution in [0.1, 0.15) is 27.9 Å². The number of morpholine rings is 1. The number of nitrogens with zero attached hydrogens (tertiary/aromatic N) is 10. The molecule has 2 saturated heterocycles. The number of carbonyl (C=O) groups is 2. The number of fused-ring (bicyclic) bond motifs is 2. The third-order valence-electron chi connectivity index (χ3n) is 10.4. The fourth-order valence-corrected chi connectivity index (χ4v) is 8.82. The van der Waals surface area contributed by atoms with Gasteiger partial charge in [0.25, 0.3) is 5.91 Å². The fourth-order valence-electron chi connectivity index (χ4n) is 7.34. The summed E-state index contributed by atoms with van der Waals surface area (Å²) in [6.07, 6.45) is 4.02. The molecule has 5 aromatic rings. The monoisotopic (exact) mass is 847 g/mol. The van der Waals surface area contributed by atoms with Gasteiger partial charge in [-0.3, -0.25) is 19.4 Å². The van der Waals surface area contributed by atoms with E-state index in [0.29, 0.717) is 126 Å². The summed E-state index contributed by atoms with van der Waals surface area (Å²) < 4.78 is 11.8. The summed E-state index contributed by atoms with van der Waals surface area (Å²) in [6.45, 7) is 10.4. The summed E-state index contributed by atoms with van der Waals surface area (Å²) in [7, 11) is 0. The predicted molar refractivity (Wildman–Crippen MR) is 223 cm³/mol. The highest BCUT2D eigenvalue weighted by molar-refractivity contribution is 7.20. The Morgan fingerprint density at radius 2 is 1.69 bits per heavy atom. The van der Waals surface area contributed by atoms with Crippen LogP contribution < -0.4 is 26.4 Å². The van der Waals surface area contributed by atoms with Crippen molar-refractivity contribution in [1.29, 1.82) is 0 Å². The maximum atomic E-state index is 13.6. The maximum absolute atomic E-state index is 13.6. The van der Waals surface area contributed by atoms with Crippen molar-refractivity contribution in [3.63, 3.8) is 0 Å². The lowest BCUT2D eigenvalue weighted by atomic mass is 10.0. The molecule has 0 bridgehead atoms. The van der Waals surface area contributed by atoms with Crippen LogP contribution in [0.5, 0.6) is 5.75 Å². The summed E-state index contributed by atoms with van der Waals surface area (Å²) in [5.41, 5.74) is 15.6. The Morgan fingerprint density at radius 1 is 0.914 bits per heavy atom. The Kier molecular flexibility index (Phi) is 12.0. The van der Waals surface area contributed by atoms with Gasteiger partial charge in [0.05, 0.1) is 51.6 Å². The number of halogens is 2. The van der Waals surface area contributed by atoms with Gasteiger partial charge in [0, 0.05) is 94.4 Å². The first-order chi connectivity index (χ1) is 28.1. The summed E-state index contributed by atoms with van der Waals surface area (Å²) in [5.74, 6) is 2.04. The van der Waals surface area contributed by atoms with Crippen LogP contribution >= 0.6 is 34.5 Å². The van der Waals surface area contributed by atoms with E-state index in [1.54, 1.807) is 30.6 Å². The molecule has 5 N–H and O–H groups in total. The first-order valence-corrected chi connectivity index (χ1v) is 20.7. The molecule has 8 rings (SSSR count). The number of hydrogen-bond acceptors (Lipinski definition) is 16. The van der Waals surface area contributed by atoms with Gasteiger partial charge in [-0.05, 0) is 31.5 Å². The summed E-state index contributed by atoms with van der Waals surface area (Å²) >= 11 is 14.5. The van der Waals surface area contributed by atoms with Gasteiger partial charge in [-0.25, -0.2) is 29.9 Å². The number of nitrogen functional groups attached to an aromatic ring is 2. The van der Waals surface area contributed by atoms with Crippen molar-refractivity contribution in [2.75, 3.05) is 102 Å². The van der Waals surface area contributed by atoms with Gasteiger partial charge in [0.15, 0.2) is 5.82 Å². The second-order valence-electron chi connectivity index (χ2n) is 14.1. The number of rotatable bonds is 11. The van der Waals surface area contributed by atoms with Crippen molar-refractivity contribution in [2.24, 2.45) is 0 Å². The molecule has 304 valence electrons. The molecule has 2 amide bonds. The van der Waals surface area contributed by atoms with Gasteiger partial charge in [-0.1, -0.05) is 23.2 Å². The van der Waals surface area contributed by atoms with E-state index in [1.165, 1.54) is 11.3 Å². The van der Waals surface area contributed by atoms with E-state index < -0.39 is 0 Å². The van der Waals surface area contributed by atoms with E-state index in [2.05, 4.69) is 40.0 Å². The molecule has 0 saturated carbocycles. The van der Waals surface area contributed by atoms with Crippen molar-refractivity contribution in [1.82, 2.24) is 49.9 Å². The molecule has 7 heterocycles. The van der Waals surface area contributed by atoms with Crippen molar-refractivity contribution in [3.8, 4) is 28.4 Å². The fraction of sp³-hybridized carbons (Fsp3) is 0.421. The molecule has 20 heteroatoms. The van der Waals surface area contributed by atoms with Gasteiger partial charge in [-0.15, -0.1) is 11.3 Å². The topological polar surface area (TPSA) is 207 Å². The van der Waals surface area contributed by atoms with Gasteiger partial charge >= 0.3 is 0 Å². The molecule has 2 fully saturated rings. The zero-order chi connectivity index (χ0) is 40.3. The molecular formula is C38H43Cl2N13O4S. The number of ether oxygens (including phenoxy) is 2. The number of hydrogen-bond donors (Lipinski definition) is 3. The number of piperazine rings is 1. The van der Waals surface area contributed by atoms with Gasteiger partial charge in [0.1, 0.15) is 23.0 Å². The predicted octanol–water partition coefficient (Wildman–Crippen LogP) is 3.24. The lowest BCUT2D eigenvalue weighted by Crippen LogP contribution is -2.52. The van der Waals surface area contributed by atoms with Gasteiger partial charge in [-0.2, -0.15) is 0 Å². The molecule has 0 aliphatic carbocycles. The third-order valence-corrected chi connectivity index (χ3v) is 12.0. The quantitative estimate of drug-likeness (QED) is 0.175. The zero-order valence-electron chi connectivity index (χ0n) is 31.9. The standard InChI is InChI=1S/C38H43Cl2N13O4S/c1-2-43-35(55)30-16-25-32(47-38(42)49-36(25)58-30)24-15-29(27(40)17-26(24)39)57-14-9-50-5-7-52(8-6-50)31(54)21-51-4-3-23-28(20-51)46-33(22-18-44-37(41)45-19-22)48-34(23)53-10-12-56-13-11-53/h15-19H,2-14,20-21H2,1H3,(H,43,55)(H2,41,44,45)(H2,42,47,49). The average molecular weight is 849 g/mol. The first kappa shape index (κ1) is 39.8. The number of benzene rings is 1. The molecule has 0 unspecified atom stereocenters. The highest BCUT2D eigenvalue weighted by Crippen LogP contribution is 2.40. The van der Waals surface area contributed by atoms with Crippen LogP contribution in [0.2, 0.25) is 10.0 Å². The van der Waals surface area contributed by atoms with E-state index in [1.807, 2.05) is 11.8 Å². The van der Waals surface area contributed by atoms with Crippen LogP contribution in [0.4, 0.5) is 17.7 Å². The second-order valence-corrected chi connectivity index (χ2v) is 16.0. The summed E-state index contributed by atoms with van der Waals surface area (Å²) in [6, 6.07) is 5.10. The highest BCUT2D eigenvalue weighted by atomic mass is 35.5. The Bertz CT molecular complexity index is 2320. The van der Waals surface area contributed by atoms with E-state index >= 15 is 0 Å². The molecule has 1 aromatic carbocycles. The zero-order valence-corrected chi connectivity index (χ0v) is 34.2. The number of nitrogens with one attached hydrogen (secondary N) is 1. The van der Waals surface area contributed by atoms with E-state index in [4.69, 9.17) is 54.1 Å². The lowest BCUT2D eigenvalue weighted by molar-refractivity contribution is -0.134. The number of thiophene rings is 1. The van der Waals surface area contributed by atoms with E-state index in [-0.39, 0.29) is 23.7 Å². The molecule has 58 heavy (non-hydrogen) atoms. The third kappa shape index (κ3) is 8.72. The Balaban J connectivity index is 0.868. The summed E-state index contributed by atoms with van der Waals surface area (Å²) in [5, 5.41) is 4.18. The second kappa shape index (κ2) is 17.5. The number of carbonyl (C=O) groups excluding carboxylic acids is 2. The minimum Gasteiger partial charge on any atom is -0.491 e. The van der Waals surface area contributed by atoms with Gasteiger partial charge < -0.3 is 36.1 Å². The molecule has 17 nitrogen and oxygen atoms in total. The Labute approximate surface area is 348 Å². The number of aromatic nitrogens is 6. The minimum atomic E-state index is -0.199. The SMILES string of the molecule is CCNC(=O)c1cc2c(-c3cc(OCCN4CCN(C(=O)CN5CCc6c(nc(-c7cnc(N)nc7)nc6N6CCOCC6)C5)CC4)c(Cl)cc3Cl)nc(N)nc2s1. The molecule has 3 aliphatic rings. The minimum absolute atomic E-state index is 0.0618. The molecule has 4 aromatic heterocycles. The highest BCUT2D eigenvalue weighted by Gasteiger charge is 2.29. The van der Waals surface area contributed by atoms with Crippen molar-refractivity contribution < 1.29 is 19.1 Å². The number of amides is 2. The maximum Gasteiger partial charge on any atom is 0.261 e. The van der Waals surface area contributed by atoms with E-state index in [0.717, 1.165) is 43.1 Å². The van der Waals surface area contributed by atoms with Crippen LogP contribution in [0.15, 0.2) is 30.6 Å². The summed E-state index contributed by atoms with van der Waals surface area (Å²) in [4.78, 5) is 62.8. The smallest absolute Gasteiger partial charge is 0.261 e. The van der Waals surface area contributed by atoms with Crippen LogP contribution in [0.3, 0.4) is 0 Å². The van der Waals surface area contributed by atoms with Crippen LogP contribution in [-0.2, 0) is 22.5 Å². The molecule has 0 radical (unpaired) electrons. The molecule has 0 spiro atoms. The lowest BCUT2D eigenvalue weighted by Gasteiger charge is -2.37. The van der Waals surface area contributed by atoms with Crippen LogP contribution in [0.25, 0.3) is 32.9 Å². The molecule has 3 aliphatic heterocycles. The first-order valence-electron chi connectivity index (χ1n) is 19.1. The van der Waals surface area contributed by atoms with Crippen LogP contribution in [-0.4, -0.2) is 142 Å². The largest absolute Gasteiger partial charge is 0.491 e. The molecule has 0 atom stereocenters. The Hall–Kier alpha value is -4.98. The van der Waals surface area contributed by atoms with Crippen molar-refractivity contribution in [3.05, 3.63) is 56.8 Å². The normalized spacial score (nSPS) is 16.4. The average Bonchev–Trinajstić information content (AvgIpc) is 3.66. The number of anilines is 3. The van der Waals surface area contributed by atoms with Crippen LogP contribution in [0, 0.1) is 0 Å². The number of nitrogens with two attached hydrogens (primary N) is 2. The van der Waals surface area contributed by atoms with Crippen molar-refractivity contribution in [2.45, 2.75) is 19.9 Å². The van der Waals surface area contributed by atoms with E-state index in [9.17, 15) is 9.59 Å². The molecular weight excluding hydrogens is 805 g/mol.